The summed E-state index contributed by atoms with van der Waals surface area (Å²) in [7, 11) is 1.99. The summed E-state index contributed by atoms with van der Waals surface area (Å²) in [5, 5.41) is 11.8. The van der Waals surface area contributed by atoms with Crippen LogP contribution < -0.4 is 10.9 Å². The van der Waals surface area contributed by atoms with Crippen LogP contribution in [0.2, 0.25) is 5.02 Å². The maximum Gasteiger partial charge on any atom is 0.267 e. The van der Waals surface area contributed by atoms with Gasteiger partial charge in [0, 0.05) is 47.7 Å². The van der Waals surface area contributed by atoms with Gasteiger partial charge in [0.15, 0.2) is 0 Å². The molecule has 2 aromatic heterocycles. The Morgan fingerprint density at radius 3 is 2.81 bits per heavy atom. The highest BCUT2D eigenvalue weighted by Crippen LogP contribution is 2.46. The van der Waals surface area contributed by atoms with Crippen molar-refractivity contribution in [2.45, 2.75) is 37.3 Å². The highest BCUT2D eigenvalue weighted by Gasteiger charge is 2.42. The third-order valence-electron chi connectivity index (χ3n) is 5.80. The van der Waals surface area contributed by atoms with Gasteiger partial charge in [-0.2, -0.15) is 5.10 Å². The van der Waals surface area contributed by atoms with Crippen molar-refractivity contribution in [2.24, 2.45) is 7.05 Å². The molecule has 0 amide bonds. The Morgan fingerprint density at radius 2 is 2.07 bits per heavy atom. The lowest BCUT2D eigenvalue weighted by atomic mass is 9.76. The van der Waals surface area contributed by atoms with Gasteiger partial charge in [0.1, 0.15) is 5.82 Å². The molecule has 1 aliphatic carbocycles. The molecular formula is C20H20ClN5O. The molecular weight excluding hydrogens is 362 g/mol. The van der Waals surface area contributed by atoms with E-state index in [1.807, 2.05) is 29.9 Å². The zero-order valence-electron chi connectivity index (χ0n) is 14.9. The molecule has 0 spiro atoms. The minimum absolute atomic E-state index is 0.00483. The molecule has 3 atom stereocenters. The van der Waals surface area contributed by atoms with Gasteiger partial charge in [-0.15, -0.1) is 0 Å². The second-order valence-corrected chi connectivity index (χ2v) is 7.78. The fraction of sp³-hybridized carbons (Fsp3) is 0.350. The van der Waals surface area contributed by atoms with E-state index in [-0.39, 0.29) is 23.6 Å². The first-order valence-corrected chi connectivity index (χ1v) is 9.61. The van der Waals surface area contributed by atoms with Crippen LogP contribution >= 0.6 is 11.6 Å². The van der Waals surface area contributed by atoms with Crippen molar-refractivity contribution >= 4 is 11.6 Å². The van der Waals surface area contributed by atoms with Crippen molar-refractivity contribution < 1.29 is 0 Å². The summed E-state index contributed by atoms with van der Waals surface area (Å²) >= 11 is 6.11. The quantitative estimate of drug-likeness (QED) is 0.715. The van der Waals surface area contributed by atoms with E-state index in [0.717, 1.165) is 47.5 Å². The Labute approximate surface area is 161 Å². The molecule has 0 saturated heterocycles. The molecule has 6 nitrogen and oxygen atoms in total. The maximum absolute atomic E-state index is 12.4. The number of H-pyrrole nitrogens is 1. The topological polar surface area (TPSA) is 75.6 Å². The number of hydrogen-bond donors (Lipinski definition) is 2. The van der Waals surface area contributed by atoms with Gasteiger partial charge in [-0.25, -0.2) is 10.1 Å². The van der Waals surface area contributed by atoms with Crippen molar-refractivity contribution in [3.63, 3.8) is 0 Å². The molecule has 2 N–H and O–H groups in total. The van der Waals surface area contributed by atoms with Crippen LogP contribution in [0.1, 0.15) is 59.1 Å². The second kappa shape index (κ2) is 6.32. The Morgan fingerprint density at radius 1 is 1.26 bits per heavy atom. The van der Waals surface area contributed by atoms with E-state index in [1.165, 1.54) is 0 Å². The standard InChI is InChI=1S/C20H20ClN5O/c1-26-10-9-22-19(26)16-17(11-5-7-12(21)8-6-11)23-14-4-2-3-13-15(14)18(16)24-25-20(13)27/h5-10,14,16-17,23H,2-4H2,1H3,(H,25,27). The van der Waals surface area contributed by atoms with E-state index < -0.39 is 0 Å². The van der Waals surface area contributed by atoms with Crippen LogP contribution in [-0.2, 0) is 13.5 Å². The average Bonchev–Trinajstić information content (AvgIpc) is 3.10. The van der Waals surface area contributed by atoms with E-state index in [2.05, 4.69) is 32.6 Å². The van der Waals surface area contributed by atoms with Gasteiger partial charge in [0.05, 0.1) is 11.6 Å². The van der Waals surface area contributed by atoms with Gasteiger partial charge in [-0.1, -0.05) is 23.7 Å². The zero-order valence-corrected chi connectivity index (χ0v) is 15.7. The lowest BCUT2D eigenvalue weighted by Gasteiger charge is -2.40. The first-order valence-electron chi connectivity index (χ1n) is 9.23. The Hall–Kier alpha value is -2.44. The van der Waals surface area contributed by atoms with Crippen LogP contribution in [0.5, 0.6) is 0 Å². The van der Waals surface area contributed by atoms with Gasteiger partial charge >= 0.3 is 0 Å². The molecule has 138 valence electrons. The summed E-state index contributed by atoms with van der Waals surface area (Å²) in [5.74, 6) is 0.833. The molecule has 5 rings (SSSR count). The van der Waals surface area contributed by atoms with Crippen LogP contribution in [0.4, 0.5) is 0 Å². The number of aromatic nitrogens is 4. The molecule has 3 unspecified atom stereocenters. The number of aromatic amines is 1. The number of imidazole rings is 1. The minimum Gasteiger partial charge on any atom is -0.337 e. The lowest BCUT2D eigenvalue weighted by Crippen LogP contribution is -2.42. The molecule has 0 bridgehead atoms. The van der Waals surface area contributed by atoms with Gasteiger partial charge in [-0.3, -0.25) is 4.79 Å². The van der Waals surface area contributed by atoms with Crippen LogP contribution in [-0.4, -0.2) is 19.7 Å². The average molecular weight is 382 g/mol. The predicted molar refractivity (Wildman–Crippen MR) is 103 cm³/mol. The van der Waals surface area contributed by atoms with E-state index >= 15 is 0 Å². The number of rotatable bonds is 2. The number of halogens is 1. The molecule has 27 heavy (non-hydrogen) atoms. The summed E-state index contributed by atoms with van der Waals surface area (Å²) in [6.07, 6.45) is 6.55. The summed E-state index contributed by atoms with van der Waals surface area (Å²) < 4.78 is 2.03. The number of benzene rings is 1. The molecule has 3 aromatic rings. The van der Waals surface area contributed by atoms with Crippen molar-refractivity contribution in [2.75, 3.05) is 0 Å². The van der Waals surface area contributed by atoms with Crippen LogP contribution in [0, 0.1) is 0 Å². The zero-order chi connectivity index (χ0) is 18.5. The van der Waals surface area contributed by atoms with Crippen molar-refractivity contribution in [3.8, 4) is 0 Å². The third kappa shape index (κ3) is 2.63. The molecule has 1 aliphatic heterocycles. The fourth-order valence-electron chi connectivity index (χ4n) is 4.56. The van der Waals surface area contributed by atoms with Crippen LogP contribution in [0.25, 0.3) is 0 Å². The smallest absolute Gasteiger partial charge is 0.267 e. The number of aryl methyl sites for hydroxylation is 1. The Balaban J connectivity index is 1.74. The van der Waals surface area contributed by atoms with Crippen molar-refractivity contribution in [1.82, 2.24) is 25.1 Å². The SMILES string of the molecule is Cn1ccnc1C1c2n[nH]c(=O)c3c2C(CCC3)NC1c1ccc(Cl)cc1. The molecule has 0 fully saturated rings. The molecule has 1 aromatic carbocycles. The molecule has 0 radical (unpaired) electrons. The van der Waals surface area contributed by atoms with Crippen molar-refractivity contribution in [1.29, 1.82) is 0 Å². The highest BCUT2D eigenvalue weighted by atomic mass is 35.5. The molecule has 7 heteroatoms. The Bertz CT molecular complexity index is 1050. The molecule has 2 aliphatic rings. The number of hydrogen-bond acceptors (Lipinski definition) is 4. The molecule has 3 heterocycles. The van der Waals surface area contributed by atoms with Crippen LogP contribution in [0.15, 0.2) is 41.5 Å². The largest absolute Gasteiger partial charge is 0.337 e. The van der Waals surface area contributed by atoms with Crippen LogP contribution in [0.3, 0.4) is 0 Å². The third-order valence-corrected chi connectivity index (χ3v) is 6.05. The summed E-state index contributed by atoms with van der Waals surface area (Å²) in [4.78, 5) is 17.0. The monoisotopic (exact) mass is 381 g/mol. The van der Waals surface area contributed by atoms with E-state index in [1.54, 1.807) is 6.20 Å². The normalized spacial score (nSPS) is 23.9. The Kier molecular flexibility index (Phi) is 3.91. The summed E-state index contributed by atoms with van der Waals surface area (Å²) in [6, 6.07) is 8.07. The summed E-state index contributed by atoms with van der Waals surface area (Å²) in [6.45, 7) is 0. The van der Waals surface area contributed by atoms with Gasteiger partial charge in [-0.05, 0) is 37.0 Å². The highest BCUT2D eigenvalue weighted by molar-refractivity contribution is 6.30. The number of nitrogens with one attached hydrogen (secondary N) is 2. The number of nitrogens with zero attached hydrogens (tertiary/aromatic N) is 3. The second-order valence-electron chi connectivity index (χ2n) is 7.34. The fourth-order valence-corrected chi connectivity index (χ4v) is 4.69. The van der Waals surface area contributed by atoms with E-state index in [9.17, 15) is 4.79 Å². The minimum atomic E-state index is -0.0916. The van der Waals surface area contributed by atoms with Gasteiger partial charge in [0.2, 0.25) is 0 Å². The van der Waals surface area contributed by atoms with Crippen molar-refractivity contribution in [3.05, 3.63) is 80.2 Å². The molecule has 0 saturated carbocycles. The van der Waals surface area contributed by atoms with Gasteiger partial charge < -0.3 is 9.88 Å². The first kappa shape index (κ1) is 16.7. The first-order chi connectivity index (χ1) is 13.1. The van der Waals surface area contributed by atoms with Gasteiger partial charge in [0.25, 0.3) is 5.56 Å². The maximum atomic E-state index is 12.4. The predicted octanol–water partition coefficient (Wildman–Crippen LogP) is 3.01. The lowest BCUT2D eigenvalue weighted by molar-refractivity contribution is 0.328. The van der Waals surface area contributed by atoms with E-state index in [0.29, 0.717) is 5.02 Å². The summed E-state index contributed by atoms with van der Waals surface area (Å²) in [5.41, 5.74) is 3.95. The van der Waals surface area contributed by atoms with E-state index in [4.69, 9.17) is 11.6 Å².